The number of halogens is 1. The zero-order chi connectivity index (χ0) is 13.6. The molecular weight excluding hydrogens is 369 g/mol. The van der Waals surface area contributed by atoms with Gasteiger partial charge in [-0.05, 0) is 24.5 Å². The van der Waals surface area contributed by atoms with Crippen molar-refractivity contribution < 1.29 is 28.6 Å². The number of hydrogen-bond donors (Lipinski definition) is 0. The molecule has 2 atom stereocenters. The second-order valence-corrected chi connectivity index (χ2v) is 5.94. The van der Waals surface area contributed by atoms with Crippen molar-refractivity contribution in [3.8, 4) is 0 Å². The van der Waals surface area contributed by atoms with Gasteiger partial charge in [0.15, 0.2) is 12.3 Å². The van der Waals surface area contributed by atoms with E-state index in [-0.39, 0.29) is 29.4 Å². The molecule has 21 heavy (non-hydrogen) atoms. The van der Waals surface area contributed by atoms with Crippen LogP contribution in [0.1, 0.15) is 42.5 Å². The average Bonchev–Trinajstić information content (AvgIpc) is 2.56. The summed E-state index contributed by atoms with van der Waals surface area (Å²) in [6.45, 7) is 3.35. The van der Waals surface area contributed by atoms with E-state index in [0.717, 1.165) is 6.54 Å². The van der Waals surface area contributed by atoms with Crippen molar-refractivity contribution in [1.82, 2.24) is 0 Å². The number of rotatable bonds is 2. The Kier molecular flexibility index (Phi) is 3.91. The van der Waals surface area contributed by atoms with Crippen molar-refractivity contribution in [3.63, 3.8) is 0 Å². The molecule has 0 saturated heterocycles. The minimum atomic E-state index is 0. The van der Waals surface area contributed by atoms with Crippen LogP contribution in [0.4, 0.5) is 0 Å². The number of fused-ring (bicyclic) bond motifs is 1. The third-order valence-electron chi connectivity index (χ3n) is 5.05. The molecule has 0 N–H and O–H groups in total. The summed E-state index contributed by atoms with van der Waals surface area (Å²) < 4.78 is 2.54. The molecule has 2 heteroatoms. The number of nitrogens with zero attached hydrogens (tertiary/aromatic N) is 1. The van der Waals surface area contributed by atoms with Crippen LogP contribution < -0.4 is 24.0 Å². The van der Waals surface area contributed by atoms with Crippen LogP contribution in [0.2, 0.25) is 0 Å². The molecular formula is C19H20IN. The molecule has 2 bridgehead atoms. The van der Waals surface area contributed by atoms with Gasteiger partial charge in [-0.1, -0.05) is 54.6 Å². The van der Waals surface area contributed by atoms with Gasteiger partial charge in [0.2, 0.25) is 0 Å². The van der Waals surface area contributed by atoms with Crippen LogP contribution in [0.3, 0.4) is 0 Å². The fourth-order valence-corrected chi connectivity index (χ4v) is 4.12. The smallest absolute Gasteiger partial charge is 0.178 e. The van der Waals surface area contributed by atoms with Gasteiger partial charge in [0.25, 0.3) is 0 Å². The van der Waals surface area contributed by atoms with Crippen LogP contribution in [0.25, 0.3) is 0 Å². The molecule has 1 aliphatic carbocycles. The normalized spacial score (nSPS) is 25.8. The van der Waals surface area contributed by atoms with E-state index < -0.39 is 0 Å². The highest BCUT2D eigenvalue weighted by Gasteiger charge is 2.49. The second kappa shape index (κ2) is 5.56. The van der Waals surface area contributed by atoms with E-state index in [0.29, 0.717) is 6.04 Å². The van der Waals surface area contributed by atoms with Crippen LogP contribution in [-0.4, -0.2) is 17.3 Å². The van der Waals surface area contributed by atoms with Gasteiger partial charge in [0.1, 0.15) is 6.54 Å². The van der Waals surface area contributed by atoms with Crippen molar-refractivity contribution in [2.24, 2.45) is 0 Å². The molecule has 2 heterocycles. The standard InChI is InChI=1S/C19H20N.HI/c1-2-20-14-19(15-8-4-3-5-9-15)13-12-18(20)16-10-6-7-11-17(16)19;/h3-11,14,18H,2,12-13H2,1H3;1H/q+1;/p-1. The lowest BCUT2D eigenvalue weighted by atomic mass is 9.63. The molecule has 0 saturated carbocycles. The van der Waals surface area contributed by atoms with Crippen LogP contribution in [0.15, 0.2) is 54.6 Å². The Morgan fingerprint density at radius 3 is 2.52 bits per heavy atom. The highest BCUT2D eigenvalue weighted by molar-refractivity contribution is 5.79. The van der Waals surface area contributed by atoms with E-state index in [1.54, 1.807) is 0 Å². The first-order valence-corrected chi connectivity index (χ1v) is 7.62. The molecule has 2 aliphatic heterocycles. The largest absolute Gasteiger partial charge is 1.00 e. The number of hydrogen-bond acceptors (Lipinski definition) is 0. The van der Waals surface area contributed by atoms with Crippen LogP contribution in [0.5, 0.6) is 0 Å². The molecule has 5 rings (SSSR count). The maximum Gasteiger partial charge on any atom is 0.178 e. The van der Waals surface area contributed by atoms with E-state index >= 15 is 0 Å². The van der Waals surface area contributed by atoms with E-state index in [9.17, 15) is 0 Å². The minimum absolute atomic E-state index is 0. The van der Waals surface area contributed by atoms with Crippen molar-refractivity contribution in [1.29, 1.82) is 0 Å². The Bertz CT molecular complexity index is 677. The zero-order valence-electron chi connectivity index (χ0n) is 12.3. The molecule has 0 fully saturated rings. The zero-order valence-corrected chi connectivity index (χ0v) is 14.5. The van der Waals surface area contributed by atoms with Gasteiger partial charge in [-0.25, -0.2) is 4.58 Å². The van der Waals surface area contributed by atoms with E-state index in [2.05, 4.69) is 72.3 Å². The van der Waals surface area contributed by atoms with E-state index in [1.165, 1.54) is 29.5 Å². The summed E-state index contributed by atoms with van der Waals surface area (Å²) in [6, 6.07) is 20.6. The monoisotopic (exact) mass is 389 g/mol. The Hall–Kier alpha value is -1.16. The highest BCUT2D eigenvalue weighted by Crippen LogP contribution is 2.49. The lowest BCUT2D eigenvalue weighted by molar-refractivity contribution is -0.575. The first-order valence-electron chi connectivity index (χ1n) is 7.62. The third kappa shape index (κ3) is 2.07. The molecule has 0 spiro atoms. The lowest BCUT2D eigenvalue weighted by Crippen LogP contribution is -3.00. The summed E-state index contributed by atoms with van der Waals surface area (Å²) in [7, 11) is 0. The summed E-state index contributed by atoms with van der Waals surface area (Å²) in [6.07, 6.45) is 4.99. The van der Waals surface area contributed by atoms with Gasteiger partial charge in [-0.2, -0.15) is 0 Å². The Balaban J connectivity index is 0.00000132. The molecule has 2 unspecified atom stereocenters. The van der Waals surface area contributed by atoms with Gasteiger partial charge in [-0.3, -0.25) is 0 Å². The summed E-state index contributed by atoms with van der Waals surface area (Å²) in [5.74, 6) is 0. The molecule has 0 amide bonds. The Morgan fingerprint density at radius 2 is 1.76 bits per heavy atom. The SMILES string of the molecule is CC[N+]1=CC2(c3ccccc3)CCC1c1ccccc12.[I-]. The molecule has 0 radical (unpaired) electrons. The molecule has 0 aromatic heterocycles. The predicted octanol–water partition coefficient (Wildman–Crippen LogP) is 0.928. The molecule has 108 valence electrons. The minimum Gasteiger partial charge on any atom is -1.00 e. The van der Waals surface area contributed by atoms with Crippen molar-refractivity contribution in [2.75, 3.05) is 6.54 Å². The molecule has 3 aliphatic rings. The van der Waals surface area contributed by atoms with Crippen LogP contribution >= 0.6 is 0 Å². The van der Waals surface area contributed by atoms with Crippen molar-refractivity contribution in [3.05, 3.63) is 71.3 Å². The quantitative estimate of drug-likeness (QED) is 0.531. The summed E-state index contributed by atoms with van der Waals surface area (Å²) >= 11 is 0. The van der Waals surface area contributed by atoms with Crippen LogP contribution in [-0.2, 0) is 5.41 Å². The van der Waals surface area contributed by atoms with Gasteiger partial charge in [0.05, 0.1) is 5.41 Å². The summed E-state index contributed by atoms with van der Waals surface area (Å²) in [4.78, 5) is 0. The highest BCUT2D eigenvalue weighted by atomic mass is 127. The first kappa shape index (κ1) is 14.8. The Morgan fingerprint density at radius 1 is 1.05 bits per heavy atom. The topological polar surface area (TPSA) is 3.01 Å². The average molecular weight is 389 g/mol. The van der Waals surface area contributed by atoms with Crippen molar-refractivity contribution >= 4 is 6.21 Å². The van der Waals surface area contributed by atoms with Gasteiger partial charge in [0, 0.05) is 12.0 Å². The lowest BCUT2D eigenvalue weighted by Gasteiger charge is -2.42. The van der Waals surface area contributed by atoms with E-state index in [4.69, 9.17) is 0 Å². The summed E-state index contributed by atoms with van der Waals surface area (Å²) in [5.41, 5.74) is 4.57. The second-order valence-electron chi connectivity index (χ2n) is 5.94. The summed E-state index contributed by atoms with van der Waals surface area (Å²) in [5, 5.41) is 0. The van der Waals surface area contributed by atoms with Crippen LogP contribution in [0, 0.1) is 0 Å². The molecule has 2 aromatic carbocycles. The van der Waals surface area contributed by atoms with Gasteiger partial charge >= 0.3 is 0 Å². The predicted molar refractivity (Wildman–Crippen MR) is 82.5 cm³/mol. The fourth-order valence-electron chi connectivity index (χ4n) is 4.12. The number of benzene rings is 2. The maximum absolute atomic E-state index is 2.54. The molecule has 1 nitrogen and oxygen atoms in total. The van der Waals surface area contributed by atoms with Crippen molar-refractivity contribution in [2.45, 2.75) is 31.2 Å². The Labute approximate surface area is 143 Å². The fraction of sp³-hybridized carbons (Fsp3) is 0.316. The van der Waals surface area contributed by atoms with Gasteiger partial charge < -0.3 is 24.0 Å². The molecule has 2 aromatic rings. The maximum atomic E-state index is 2.54. The van der Waals surface area contributed by atoms with Gasteiger partial charge in [-0.15, -0.1) is 0 Å². The third-order valence-corrected chi connectivity index (χ3v) is 5.05. The first-order chi connectivity index (χ1) is 9.85. The van der Waals surface area contributed by atoms with E-state index in [1.807, 2.05) is 0 Å².